The Morgan fingerprint density at radius 3 is 2.00 bits per heavy atom. The highest BCUT2D eigenvalue weighted by molar-refractivity contribution is 7.90. The molecule has 0 aromatic heterocycles. The van der Waals surface area contributed by atoms with Crippen molar-refractivity contribution in [1.29, 1.82) is 0 Å². The summed E-state index contributed by atoms with van der Waals surface area (Å²) in [6.45, 7) is 0. The van der Waals surface area contributed by atoms with E-state index < -0.39 is 15.8 Å². The van der Waals surface area contributed by atoms with E-state index in [2.05, 4.69) is 4.99 Å². The van der Waals surface area contributed by atoms with E-state index in [1.165, 1.54) is 12.1 Å². The molecule has 150 valence electrons. The zero-order valence-corrected chi connectivity index (χ0v) is 17.4. The Kier molecular flexibility index (Phi) is 5.28. The molecule has 4 rings (SSSR count). The van der Waals surface area contributed by atoms with Crippen molar-refractivity contribution < 1.29 is 17.9 Å². The van der Waals surface area contributed by atoms with Crippen molar-refractivity contribution in [3.63, 3.8) is 0 Å². The maximum atomic E-state index is 12.7. The Hall–Kier alpha value is -3.22. The Labute approximate surface area is 179 Å². The first kappa shape index (κ1) is 20.1. The molecule has 0 N–H and O–H groups in total. The minimum absolute atomic E-state index is 0.142. The molecular formula is C23H16ClNO4S. The molecular weight excluding hydrogens is 422 g/mol. The molecule has 0 spiro atoms. The number of hydrogen-bond donors (Lipinski definition) is 0. The van der Waals surface area contributed by atoms with Crippen molar-refractivity contribution in [3.8, 4) is 0 Å². The van der Waals surface area contributed by atoms with Gasteiger partial charge in [-0.25, -0.2) is 18.2 Å². The van der Waals surface area contributed by atoms with Crippen molar-refractivity contribution in [2.75, 3.05) is 6.26 Å². The molecule has 1 aliphatic heterocycles. The van der Waals surface area contributed by atoms with Gasteiger partial charge in [-0.05, 0) is 47.5 Å². The lowest BCUT2D eigenvalue weighted by Gasteiger charge is -2.10. The summed E-state index contributed by atoms with van der Waals surface area (Å²) in [5.74, 6) is -0.360. The maximum absolute atomic E-state index is 12.7. The first-order valence-corrected chi connectivity index (χ1v) is 11.3. The van der Waals surface area contributed by atoms with Gasteiger partial charge in [0.05, 0.1) is 4.90 Å². The fourth-order valence-electron chi connectivity index (χ4n) is 3.09. The molecule has 1 aliphatic rings. The van der Waals surface area contributed by atoms with Crippen molar-refractivity contribution in [2.24, 2.45) is 4.99 Å². The second-order valence-corrected chi connectivity index (χ2v) is 9.15. The number of esters is 1. The first-order chi connectivity index (χ1) is 14.3. The van der Waals surface area contributed by atoms with E-state index in [9.17, 15) is 13.2 Å². The van der Waals surface area contributed by atoms with Crippen LogP contribution >= 0.6 is 11.6 Å². The molecule has 0 saturated heterocycles. The Morgan fingerprint density at radius 2 is 1.43 bits per heavy atom. The first-order valence-electron chi connectivity index (χ1n) is 9.00. The summed E-state index contributed by atoms with van der Waals surface area (Å²) in [6, 6.07) is 22.4. The lowest BCUT2D eigenvalue weighted by atomic mass is 9.96. The summed E-state index contributed by atoms with van der Waals surface area (Å²) in [7, 11) is -3.34. The van der Waals surface area contributed by atoms with Gasteiger partial charge in [0.15, 0.2) is 15.5 Å². The van der Waals surface area contributed by atoms with Crippen LogP contribution in [0.3, 0.4) is 0 Å². The lowest BCUT2D eigenvalue weighted by molar-refractivity contribution is -0.129. The molecule has 0 unspecified atom stereocenters. The van der Waals surface area contributed by atoms with Crippen LogP contribution in [0.15, 0.2) is 94.4 Å². The zero-order chi connectivity index (χ0) is 21.3. The number of hydrogen-bond acceptors (Lipinski definition) is 5. The van der Waals surface area contributed by atoms with Gasteiger partial charge in [0.25, 0.3) is 0 Å². The van der Waals surface area contributed by atoms with Crippen LogP contribution in [0.4, 0.5) is 0 Å². The van der Waals surface area contributed by atoms with Crippen molar-refractivity contribution in [1.82, 2.24) is 0 Å². The molecule has 5 nitrogen and oxygen atoms in total. The van der Waals surface area contributed by atoms with Crippen molar-refractivity contribution in [2.45, 2.75) is 4.90 Å². The van der Waals surface area contributed by atoms with Gasteiger partial charge in [-0.2, -0.15) is 0 Å². The summed E-state index contributed by atoms with van der Waals surface area (Å²) >= 11 is 6.02. The van der Waals surface area contributed by atoms with E-state index in [1.54, 1.807) is 48.5 Å². The van der Waals surface area contributed by atoms with Gasteiger partial charge in [-0.1, -0.05) is 54.1 Å². The Balaban J connectivity index is 1.90. The van der Waals surface area contributed by atoms with Gasteiger partial charge in [0.2, 0.25) is 5.90 Å². The van der Waals surface area contributed by atoms with Crippen LogP contribution in [0, 0.1) is 0 Å². The summed E-state index contributed by atoms with van der Waals surface area (Å²) in [5, 5.41) is 0.554. The van der Waals surface area contributed by atoms with Crippen molar-refractivity contribution >= 4 is 38.9 Å². The number of rotatable bonds is 4. The highest BCUT2D eigenvalue weighted by Crippen LogP contribution is 2.32. The molecule has 0 bridgehead atoms. The number of aliphatic imine (C=N–C) groups is 1. The van der Waals surface area contributed by atoms with Crippen LogP contribution in [0.25, 0.3) is 5.57 Å². The topological polar surface area (TPSA) is 72.8 Å². The molecule has 0 aliphatic carbocycles. The van der Waals surface area contributed by atoms with Gasteiger partial charge in [-0.3, -0.25) is 0 Å². The summed E-state index contributed by atoms with van der Waals surface area (Å²) in [5.41, 5.74) is 2.70. The Bertz CT molecular complexity index is 1280. The van der Waals surface area contributed by atoms with Crippen LogP contribution in [0.5, 0.6) is 0 Å². The highest BCUT2D eigenvalue weighted by atomic mass is 35.5. The molecule has 0 radical (unpaired) electrons. The molecule has 0 fully saturated rings. The zero-order valence-electron chi connectivity index (χ0n) is 15.9. The number of halogens is 1. The molecule has 30 heavy (non-hydrogen) atoms. The third kappa shape index (κ3) is 4.06. The van der Waals surface area contributed by atoms with Gasteiger partial charge < -0.3 is 4.74 Å². The van der Waals surface area contributed by atoms with E-state index in [-0.39, 0.29) is 16.5 Å². The highest BCUT2D eigenvalue weighted by Gasteiger charge is 2.28. The van der Waals surface area contributed by atoms with Crippen LogP contribution < -0.4 is 0 Å². The van der Waals surface area contributed by atoms with Gasteiger partial charge >= 0.3 is 5.97 Å². The van der Waals surface area contributed by atoms with E-state index >= 15 is 0 Å². The predicted octanol–water partition coefficient (Wildman–Crippen LogP) is 4.51. The second-order valence-electron chi connectivity index (χ2n) is 6.70. The number of sulfone groups is 1. The average molecular weight is 438 g/mol. The number of cyclic esters (lactones) is 1. The molecule has 0 saturated carbocycles. The van der Waals surface area contributed by atoms with Crippen LogP contribution in [0.2, 0.25) is 5.02 Å². The molecule has 7 heteroatoms. The van der Waals surface area contributed by atoms with E-state index in [0.717, 1.165) is 6.26 Å². The second kappa shape index (κ2) is 7.89. The normalized spacial score (nSPS) is 15.5. The minimum Gasteiger partial charge on any atom is -0.402 e. The van der Waals surface area contributed by atoms with E-state index in [4.69, 9.17) is 16.3 Å². The quantitative estimate of drug-likeness (QED) is 0.444. The fraction of sp³-hybridized carbons (Fsp3) is 0.0435. The van der Waals surface area contributed by atoms with Crippen molar-refractivity contribution in [3.05, 3.63) is 106 Å². The number of nitrogens with zero attached hydrogens (tertiary/aromatic N) is 1. The van der Waals surface area contributed by atoms with Gasteiger partial charge in [0, 0.05) is 22.4 Å². The summed E-state index contributed by atoms with van der Waals surface area (Å²) in [4.78, 5) is 17.4. The number of ether oxygens (including phenoxy) is 1. The van der Waals surface area contributed by atoms with E-state index in [1.807, 2.05) is 18.2 Å². The SMILES string of the molecule is CS(=O)(=O)c1ccc(C(=C2N=C(c3ccccc3)OC2=O)c2ccc(Cl)cc2)cc1. The molecule has 3 aromatic rings. The third-order valence-electron chi connectivity index (χ3n) is 4.56. The summed E-state index contributed by atoms with van der Waals surface area (Å²) < 4.78 is 29.0. The number of carbonyl (C=O) groups is 1. The lowest BCUT2D eigenvalue weighted by Crippen LogP contribution is -2.06. The third-order valence-corrected chi connectivity index (χ3v) is 5.94. The fourth-order valence-corrected chi connectivity index (χ4v) is 3.85. The van der Waals surface area contributed by atoms with Crippen LogP contribution in [-0.2, 0) is 19.4 Å². The molecule has 1 heterocycles. The molecule has 0 amide bonds. The smallest absolute Gasteiger partial charge is 0.364 e. The summed E-state index contributed by atoms with van der Waals surface area (Å²) in [6.07, 6.45) is 1.14. The van der Waals surface area contributed by atoms with Gasteiger partial charge in [-0.15, -0.1) is 0 Å². The van der Waals surface area contributed by atoms with Crippen LogP contribution in [-0.4, -0.2) is 26.5 Å². The maximum Gasteiger partial charge on any atom is 0.364 e. The Morgan fingerprint density at radius 1 is 0.867 bits per heavy atom. The number of carbonyl (C=O) groups excluding carboxylic acids is 1. The largest absolute Gasteiger partial charge is 0.402 e. The minimum atomic E-state index is -3.34. The monoisotopic (exact) mass is 437 g/mol. The van der Waals surface area contributed by atoms with Gasteiger partial charge in [0.1, 0.15) is 0 Å². The average Bonchev–Trinajstić information content (AvgIpc) is 3.11. The van der Waals surface area contributed by atoms with Crippen LogP contribution in [0.1, 0.15) is 16.7 Å². The molecule has 3 aromatic carbocycles. The van der Waals surface area contributed by atoms with E-state index in [0.29, 0.717) is 27.3 Å². The number of benzene rings is 3. The standard InChI is InChI=1S/C23H16ClNO4S/c1-30(27,28)19-13-9-16(10-14-19)20(15-7-11-18(24)12-8-15)21-23(26)29-22(25-21)17-5-3-2-4-6-17/h2-14H,1H3. The molecule has 0 atom stereocenters. The predicted molar refractivity (Wildman–Crippen MR) is 116 cm³/mol.